The van der Waals surface area contributed by atoms with Gasteiger partial charge in [-0.2, -0.15) is 0 Å². The van der Waals surface area contributed by atoms with Gasteiger partial charge in [-0.25, -0.2) is 4.39 Å². The second kappa shape index (κ2) is 3.08. The smallest absolute Gasteiger partial charge is 0.314 e. The van der Waals surface area contributed by atoms with Gasteiger partial charge in [0.2, 0.25) is 0 Å². The number of hydrogen-bond acceptors (Lipinski definition) is 1. The minimum Gasteiger partial charge on any atom is -0.481 e. The fraction of sp³-hybridized carbons (Fsp3) is 0.364. The summed E-state index contributed by atoms with van der Waals surface area (Å²) < 4.78 is 12.2. The molecule has 0 spiro atoms. The molecule has 3 heteroatoms. The van der Waals surface area contributed by atoms with E-state index in [0.29, 0.717) is 18.4 Å². The van der Waals surface area contributed by atoms with E-state index >= 15 is 0 Å². The normalized spacial score (nSPS) is 17.8. The highest BCUT2D eigenvalue weighted by atomic mass is 19.1. The van der Waals surface area contributed by atoms with Crippen molar-refractivity contribution in [2.45, 2.75) is 24.9 Å². The van der Waals surface area contributed by atoms with Crippen LogP contribution in [0.5, 0.6) is 0 Å². The van der Waals surface area contributed by atoms with E-state index in [2.05, 4.69) is 0 Å². The van der Waals surface area contributed by atoms with Crippen LogP contribution in [0.1, 0.15) is 24.0 Å². The third-order valence-corrected chi connectivity index (χ3v) is 2.82. The number of hydrogen-bond donors (Lipinski definition) is 1. The van der Waals surface area contributed by atoms with Crippen molar-refractivity contribution in [3.05, 3.63) is 35.4 Å². The number of benzene rings is 1. The van der Waals surface area contributed by atoms with Crippen molar-refractivity contribution in [2.24, 2.45) is 0 Å². The molecule has 0 aromatic heterocycles. The van der Waals surface area contributed by atoms with E-state index in [-0.39, 0.29) is 0 Å². The molecule has 1 N–H and O–H groups in total. The van der Waals surface area contributed by atoms with Crippen LogP contribution in [0, 0.1) is 0 Å². The monoisotopic (exact) mass is 194 g/mol. The molecular weight excluding hydrogens is 183 g/mol. The van der Waals surface area contributed by atoms with Crippen LogP contribution in [0.3, 0.4) is 0 Å². The zero-order valence-electron chi connectivity index (χ0n) is 7.66. The molecule has 74 valence electrons. The molecule has 0 aliphatic heterocycles. The van der Waals surface area contributed by atoms with Crippen molar-refractivity contribution in [2.75, 3.05) is 0 Å². The molecule has 1 saturated carbocycles. The first-order valence-corrected chi connectivity index (χ1v) is 4.58. The molecular formula is C11H11FO2. The zero-order chi connectivity index (χ0) is 10.2. The molecule has 1 aromatic carbocycles. The van der Waals surface area contributed by atoms with E-state index in [4.69, 9.17) is 5.11 Å². The Labute approximate surface area is 81.4 Å². The van der Waals surface area contributed by atoms with Crippen LogP contribution >= 0.6 is 0 Å². The second-order valence-corrected chi connectivity index (χ2v) is 3.72. The molecule has 2 nitrogen and oxygen atoms in total. The fourth-order valence-corrected chi connectivity index (χ4v) is 1.66. The van der Waals surface area contributed by atoms with Gasteiger partial charge in [-0.3, -0.25) is 4.79 Å². The Morgan fingerprint density at radius 2 is 1.93 bits per heavy atom. The molecule has 0 heterocycles. The first-order chi connectivity index (χ1) is 6.69. The molecule has 2 rings (SSSR count). The Bertz CT molecular complexity index is 352. The van der Waals surface area contributed by atoms with Crippen molar-refractivity contribution >= 4 is 5.97 Å². The number of carboxylic acid groups (broad SMARTS) is 1. The van der Waals surface area contributed by atoms with Crippen LogP contribution in [-0.2, 0) is 16.9 Å². The Kier molecular flexibility index (Phi) is 2.02. The van der Waals surface area contributed by atoms with Crippen LogP contribution in [-0.4, -0.2) is 11.1 Å². The van der Waals surface area contributed by atoms with Gasteiger partial charge in [-0.05, 0) is 24.0 Å². The van der Waals surface area contributed by atoms with Crippen molar-refractivity contribution in [3.63, 3.8) is 0 Å². The van der Waals surface area contributed by atoms with Gasteiger partial charge in [0.25, 0.3) is 0 Å². The largest absolute Gasteiger partial charge is 0.481 e. The Hall–Kier alpha value is -1.38. The van der Waals surface area contributed by atoms with Gasteiger partial charge in [-0.15, -0.1) is 0 Å². The Morgan fingerprint density at radius 1 is 1.36 bits per heavy atom. The molecule has 1 fully saturated rings. The third-order valence-electron chi connectivity index (χ3n) is 2.82. The van der Waals surface area contributed by atoms with Crippen LogP contribution in [0.15, 0.2) is 24.3 Å². The lowest BCUT2D eigenvalue weighted by Gasteiger charge is -2.09. The van der Waals surface area contributed by atoms with Crippen LogP contribution < -0.4 is 0 Å². The van der Waals surface area contributed by atoms with Crippen molar-refractivity contribution in [1.82, 2.24) is 0 Å². The van der Waals surface area contributed by atoms with Crippen molar-refractivity contribution < 1.29 is 14.3 Å². The van der Waals surface area contributed by atoms with Crippen LogP contribution in [0.4, 0.5) is 4.39 Å². The lowest BCUT2D eigenvalue weighted by Crippen LogP contribution is -2.19. The van der Waals surface area contributed by atoms with Crippen molar-refractivity contribution in [1.29, 1.82) is 0 Å². The first kappa shape index (κ1) is 9.19. The van der Waals surface area contributed by atoms with E-state index in [9.17, 15) is 9.18 Å². The van der Waals surface area contributed by atoms with E-state index < -0.39 is 18.1 Å². The average Bonchev–Trinajstić information content (AvgIpc) is 2.99. The number of aliphatic carboxylic acids is 1. The topological polar surface area (TPSA) is 37.3 Å². The van der Waals surface area contributed by atoms with Gasteiger partial charge in [-0.1, -0.05) is 24.3 Å². The summed E-state index contributed by atoms with van der Waals surface area (Å²) in [6.45, 7) is -0.500. The summed E-state index contributed by atoms with van der Waals surface area (Å²) in [5.74, 6) is -0.773. The molecule has 1 aromatic rings. The van der Waals surface area contributed by atoms with Gasteiger partial charge in [0.05, 0.1) is 5.41 Å². The Balaban J connectivity index is 2.29. The summed E-state index contributed by atoms with van der Waals surface area (Å²) >= 11 is 0. The summed E-state index contributed by atoms with van der Waals surface area (Å²) in [5, 5.41) is 9.01. The fourth-order valence-electron chi connectivity index (χ4n) is 1.66. The number of carboxylic acids is 1. The van der Waals surface area contributed by atoms with Gasteiger partial charge in [0.1, 0.15) is 6.67 Å². The van der Waals surface area contributed by atoms with Gasteiger partial charge in [0, 0.05) is 0 Å². The highest BCUT2D eigenvalue weighted by Gasteiger charge is 2.51. The minimum absolute atomic E-state index is 0.500. The van der Waals surface area contributed by atoms with Gasteiger partial charge in [0.15, 0.2) is 0 Å². The Morgan fingerprint density at radius 3 is 2.29 bits per heavy atom. The SMILES string of the molecule is O=C(O)C1(c2ccc(CF)cc2)CC1. The number of rotatable bonds is 3. The zero-order valence-corrected chi connectivity index (χ0v) is 7.66. The van der Waals surface area contributed by atoms with Crippen LogP contribution in [0.2, 0.25) is 0 Å². The second-order valence-electron chi connectivity index (χ2n) is 3.72. The molecule has 0 atom stereocenters. The standard InChI is InChI=1S/C11H11FO2/c12-7-8-1-3-9(4-2-8)11(5-6-11)10(13)14/h1-4H,5-7H2,(H,13,14). The molecule has 0 radical (unpaired) electrons. The molecule has 0 bridgehead atoms. The number of carbonyl (C=O) groups is 1. The highest BCUT2D eigenvalue weighted by molar-refractivity contribution is 5.84. The lowest BCUT2D eigenvalue weighted by molar-refractivity contribution is -0.140. The maximum atomic E-state index is 12.2. The van der Waals surface area contributed by atoms with Crippen molar-refractivity contribution in [3.8, 4) is 0 Å². The summed E-state index contributed by atoms with van der Waals surface area (Å²) in [6, 6.07) is 6.74. The first-order valence-electron chi connectivity index (χ1n) is 4.58. The van der Waals surface area contributed by atoms with Gasteiger partial charge >= 0.3 is 5.97 Å². The summed E-state index contributed by atoms with van der Waals surface area (Å²) in [7, 11) is 0. The van der Waals surface area contributed by atoms with Gasteiger partial charge < -0.3 is 5.11 Å². The van der Waals surface area contributed by atoms with E-state index in [1.165, 1.54) is 0 Å². The summed E-state index contributed by atoms with van der Waals surface area (Å²) in [4.78, 5) is 11.0. The predicted molar refractivity (Wildman–Crippen MR) is 49.8 cm³/mol. The molecule has 1 aliphatic carbocycles. The predicted octanol–water partition coefficient (Wildman–Crippen LogP) is 2.27. The van der Waals surface area contributed by atoms with E-state index in [1.54, 1.807) is 24.3 Å². The lowest BCUT2D eigenvalue weighted by atomic mass is 9.95. The quantitative estimate of drug-likeness (QED) is 0.801. The average molecular weight is 194 g/mol. The number of halogens is 1. The maximum Gasteiger partial charge on any atom is 0.314 e. The molecule has 14 heavy (non-hydrogen) atoms. The summed E-state index contributed by atoms with van der Waals surface area (Å²) in [6.07, 6.45) is 1.38. The molecule has 1 aliphatic rings. The molecule has 0 unspecified atom stereocenters. The van der Waals surface area contributed by atoms with E-state index in [0.717, 1.165) is 5.56 Å². The summed E-state index contributed by atoms with van der Waals surface area (Å²) in [5.41, 5.74) is 0.714. The number of alkyl halides is 1. The molecule has 0 amide bonds. The molecule has 0 saturated heterocycles. The minimum atomic E-state index is -0.773. The maximum absolute atomic E-state index is 12.2. The highest BCUT2D eigenvalue weighted by Crippen LogP contribution is 2.48. The van der Waals surface area contributed by atoms with E-state index in [1.807, 2.05) is 0 Å². The third kappa shape index (κ3) is 1.29. The van der Waals surface area contributed by atoms with Crippen LogP contribution in [0.25, 0.3) is 0 Å².